The standard InChI is InChI=1S/C48H83NO5/c1-4-7-10-13-16-19-22-24-26-29-32-35-38-41-48(53)54-44(39-36-33-30-27-25-23-20-17-14-11-8-5-2)42-47(52)49-45(43-50)46(51)40-37-34-31-28-21-18-15-12-9-6-3/h7-8,10-11,13,16-17,19-20,22,25,27,44-46,50-51H,4-6,9,12,14-15,18,21,23-24,26,28-43H2,1-3H3,(H,49,52)/b10-7+,11-8+,16-13+,20-17+,22-19-,27-25+. The van der Waals surface area contributed by atoms with Gasteiger partial charge in [0.2, 0.25) is 5.91 Å². The molecule has 6 nitrogen and oxygen atoms in total. The lowest BCUT2D eigenvalue weighted by molar-refractivity contribution is -0.151. The molecule has 54 heavy (non-hydrogen) atoms. The predicted molar refractivity (Wildman–Crippen MR) is 231 cm³/mol. The minimum atomic E-state index is -0.802. The van der Waals surface area contributed by atoms with Crippen molar-refractivity contribution in [2.75, 3.05) is 6.61 Å². The second kappa shape index (κ2) is 41.5. The van der Waals surface area contributed by atoms with Crippen LogP contribution in [-0.4, -0.2) is 46.9 Å². The van der Waals surface area contributed by atoms with Crippen molar-refractivity contribution in [3.63, 3.8) is 0 Å². The molecule has 3 N–H and O–H groups in total. The predicted octanol–water partition coefficient (Wildman–Crippen LogP) is 12.7. The lowest BCUT2D eigenvalue weighted by Crippen LogP contribution is -2.46. The fraction of sp³-hybridized carbons (Fsp3) is 0.708. The van der Waals surface area contributed by atoms with Gasteiger partial charge in [0.25, 0.3) is 0 Å². The number of unbranched alkanes of at least 4 members (excludes halogenated alkanes) is 16. The van der Waals surface area contributed by atoms with Crippen molar-refractivity contribution in [2.24, 2.45) is 0 Å². The molecule has 0 aliphatic rings. The molecule has 6 heteroatoms. The third-order valence-corrected chi connectivity index (χ3v) is 9.59. The molecule has 3 unspecified atom stereocenters. The highest BCUT2D eigenvalue weighted by atomic mass is 16.5. The van der Waals surface area contributed by atoms with Gasteiger partial charge in [-0.1, -0.05) is 177 Å². The van der Waals surface area contributed by atoms with E-state index in [0.29, 0.717) is 19.3 Å². The highest BCUT2D eigenvalue weighted by Crippen LogP contribution is 2.16. The Morgan fingerprint density at radius 2 is 1.09 bits per heavy atom. The van der Waals surface area contributed by atoms with Gasteiger partial charge in [-0.05, 0) is 77.0 Å². The largest absolute Gasteiger partial charge is 0.462 e. The molecule has 0 rings (SSSR count). The Balaban J connectivity index is 4.71. The van der Waals surface area contributed by atoms with E-state index < -0.39 is 18.2 Å². The van der Waals surface area contributed by atoms with E-state index in [-0.39, 0.29) is 24.9 Å². The second-order valence-corrected chi connectivity index (χ2v) is 14.7. The molecular weight excluding hydrogens is 671 g/mol. The van der Waals surface area contributed by atoms with Gasteiger partial charge in [-0.3, -0.25) is 9.59 Å². The van der Waals surface area contributed by atoms with Gasteiger partial charge in [-0.2, -0.15) is 0 Å². The van der Waals surface area contributed by atoms with Crippen LogP contribution in [0.4, 0.5) is 0 Å². The number of aliphatic hydroxyl groups is 2. The Labute approximate surface area is 332 Å². The molecule has 0 spiro atoms. The van der Waals surface area contributed by atoms with E-state index in [9.17, 15) is 19.8 Å². The number of rotatable bonds is 38. The summed E-state index contributed by atoms with van der Waals surface area (Å²) in [6, 6.07) is -0.718. The number of amides is 1. The number of carbonyl (C=O) groups excluding carboxylic acids is 2. The van der Waals surface area contributed by atoms with Crippen molar-refractivity contribution in [3.8, 4) is 0 Å². The van der Waals surface area contributed by atoms with Gasteiger partial charge < -0.3 is 20.3 Å². The SMILES string of the molecule is CC/C=C/C=C/C=C\CCCCCCCC(=O)OC(CCCC/C=C/C/C=C/C/C=C/CC)CC(=O)NC(CO)C(O)CCCCCCCCCCCC. The first-order chi connectivity index (χ1) is 26.5. The molecule has 0 fully saturated rings. The Morgan fingerprint density at radius 1 is 0.574 bits per heavy atom. The van der Waals surface area contributed by atoms with E-state index in [0.717, 1.165) is 103 Å². The van der Waals surface area contributed by atoms with Crippen LogP contribution in [0.25, 0.3) is 0 Å². The van der Waals surface area contributed by atoms with Crippen LogP contribution in [0.2, 0.25) is 0 Å². The number of aliphatic hydroxyl groups excluding tert-OH is 2. The number of hydrogen-bond acceptors (Lipinski definition) is 5. The van der Waals surface area contributed by atoms with Crippen LogP contribution in [0.15, 0.2) is 72.9 Å². The summed E-state index contributed by atoms with van der Waals surface area (Å²) in [6.07, 6.45) is 51.0. The maximum atomic E-state index is 13.1. The molecule has 0 aromatic carbocycles. The fourth-order valence-corrected chi connectivity index (χ4v) is 6.27. The normalized spacial score (nSPS) is 14.1. The molecule has 0 saturated heterocycles. The summed E-state index contributed by atoms with van der Waals surface area (Å²) in [5.41, 5.74) is 0. The smallest absolute Gasteiger partial charge is 0.306 e. The van der Waals surface area contributed by atoms with E-state index >= 15 is 0 Å². The van der Waals surface area contributed by atoms with E-state index in [1.54, 1.807) is 0 Å². The summed E-state index contributed by atoms with van der Waals surface area (Å²) >= 11 is 0. The Bertz CT molecular complexity index is 1030. The minimum Gasteiger partial charge on any atom is -0.462 e. The summed E-state index contributed by atoms with van der Waals surface area (Å²) in [4.78, 5) is 25.9. The number of nitrogens with one attached hydrogen (secondary N) is 1. The third-order valence-electron chi connectivity index (χ3n) is 9.59. The van der Waals surface area contributed by atoms with Crippen LogP contribution in [0.3, 0.4) is 0 Å². The van der Waals surface area contributed by atoms with Crippen LogP contribution >= 0.6 is 0 Å². The molecule has 3 atom stereocenters. The van der Waals surface area contributed by atoms with Crippen molar-refractivity contribution in [1.29, 1.82) is 0 Å². The van der Waals surface area contributed by atoms with Gasteiger partial charge in [-0.25, -0.2) is 0 Å². The molecule has 0 saturated carbocycles. The van der Waals surface area contributed by atoms with Crippen LogP contribution in [0.5, 0.6) is 0 Å². The maximum absolute atomic E-state index is 13.1. The van der Waals surface area contributed by atoms with Gasteiger partial charge in [0, 0.05) is 6.42 Å². The van der Waals surface area contributed by atoms with E-state index in [2.05, 4.69) is 99.0 Å². The van der Waals surface area contributed by atoms with Crippen molar-refractivity contribution < 1.29 is 24.5 Å². The van der Waals surface area contributed by atoms with Crippen LogP contribution < -0.4 is 5.32 Å². The number of hydrogen-bond donors (Lipinski definition) is 3. The highest BCUT2D eigenvalue weighted by Gasteiger charge is 2.24. The third kappa shape index (κ3) is 36.3. The van der Waals surface area contributed by atoms with Crippen LogP contribution in [-0.2, 0) is 14.3 Å². The second-order valence-electron chi connectivity index (χ2n) is 14.7. The Hall–Kier alpha value is -2.70. The first-order valence-electron chi connectivity index (χ1n) is 22.2. The summed E-state index contributed by atoms with van der Waals surface area (Å²) in [7, 11) is 0. The average molecular weight is 754 g/mol. The molecule has 0 bridgehead atoms. The molecule has 1 amide bonds. The molecular formula is C48H83NO5. The molecule has 0 radical (unpaired) electrons. The number of esters is 1. The van der Waals surface area contributed by atoms with Gasteiger partial charge >= 0.3 is 5.97 Å². The van der Waals surface area contributed by atoms with E-state index in [4.69, 9.17) is 4.74 Å². The first kappa shape index (κ1) is 51.3. The van der Waals surface area contributed by atoms with Gasteiger partial charge in [0.15, 0.2) is 0 Å². The average Bonchev–Trinajstić information content (AvgIpc) is 3.16. The molecule has 0 aromatic heterocycles. The van der Waals surface area contributed by atoms with E-state index in [1.165, 1.54) is 44.9 Å². The summed E-state index contributed by atoms with van der Waals surface area (Å²) in [5, 5.41) is 23.6. The lowest BCUT2D eigenvalue weighted by Gasteiger charge is -2.24. The number of carbonyl (C=O) groups is 2. The fourth-order valence-electron chi connectivity index (χ4n) is 6.27. The topological polar surface area (TPSA) is 95.9 Å². The molecule has 0 heterocycles. The monoisotopic (exact) mass is 754 g/mol. The quantitative estimate of drug-likeness (QED) is 0.0252. The molecule has 0 aliphatic carbocycles. The van der Waals surface area contributed by atoms with Crippen molar-refractivity contribution in [2.45, 2.75) is 212 Å². The highest BCUT2D eigenvalue weighted by molar-refractivity contribution is 5.77. The van der Waals surface area contributed by atoms with Crippen molar-refractivity contribution >= 4 is 11.9 Å². The van der Waals surface area contributed by atoms with Gasteiger partial charge in [0.1, 0.15) is 6.10 Å². The van der Waals surface area contributed by atoms with Crippen LogP contribution in [0.1, 0.15) is 194 Å². The Morgan fingerprint density at radius 3 is 1.74 bits per heavy atom. The van der Waals surface area contributed by atoms with E-state index in [1.807, 2.05) is 0 Å². The molecule has 0 aliphatic heterocycles. The summed E-state index contributed by atoms with van der Waals surface area (Å²) in [6.45, 7) is 6.18. The summed E-state index contributed by atoms with van der Waals surface area (Å²) < 4.78 is 5.86. The molecule has 310 valence electrons. The zero-order chi connectivity index (χ0) is 39.6. The first-order valence-corrected chi connectivity index (χ1v) is 22.2. The molecule has 0 aromatic rings. The lowest BCUT2D eigenvalue weighted by atomic mass is 10.0. The van der Waals surface area contributed by atoms with Crippen molar-refractivity contribution in [3.05, 3.63) is 72.9 Å². The summed E-state index contributed by atoms with van der Waals surface area (Å²) in [5.74, 6) is -0.545. The van der Waals surface area contributed by atoms with Crippen LogP contribution in [0, 0.1) is 0 Å². The minimum absolute atomic E-state index is 0.0396. The van der Waals surface area contributed by atoms with Gasteiger partial charge in [0.05, 0.1) is 25.2 Å². The Kier molecular flexibility index (Phi) is 39.4. The zero-order valence-electron chi connectivity index (χ0n) is 35.1. The van der Waals surface area contributed by atoms with Crippen molar-refractivity contribution in [1.82, 2.24) is 5.32 Å². The number of ether oxygens (including phenoxy) is 1. The number of allylic oxidation sites excluding steroid dienone is 12. The van der Waals surface area contributed by atoms with Gasteiger partial charge in [-0.15, -0.1) is 0 Å². The maximum Gasteiger partial charge on any atom is 0.306 e. The zero-order valence-corrected chi connectivity index (χ0v) is 35.1.